The Hall–Kier alpha value is -0.910. The summed E-state index contributed by atoms with van der Waals surface area (Å²) < 4.78 is 8.07. The maximum Gasteiger partial charge on any atom is 0.0918 e. The van der Waals surface area contributed by atoms with E-state index in [1.165, 1.54) is 12.8 Å². The average molecular weight is 266 g/mol. The summed E-state index contributed by atoms with van der Waals surface area (Å²) in [4.78, 5) is 0. The molecule has 5 nitrogen and oxygen atoms in total. The number of rotatable bonds is 5. The summed E-state index contributed by atoms with van der Waals surface area (Å²) in [7, 11) is 1.95. The standard InChI is InChI=1S/C14H26N4O/c1-4-19-14(8-5-6-11(2)10-14)13(17-15)12-7-9-16-18(12)3/h7,9,11,13,17H,4-6,8,10,15H2,1-3H3. The zero-order chi connectivity index (χ0) is 13.9. The van der Waals surface area contributed by atoms with E-state index in [4.69, 9.17) is 10.6 Å². The zero-order valence-corrected chi connectivity index (χ0v) is 12.2. The SMILES string of the molecule is CCOC1(C(NN)c2ccnn2C)CCCC(C)C1. The predicted molar refractivity (Wildman–Crippen MR) is 75.3 cm³/mol. The fourth-order valence-electron chi connectivity index (χ4n) is 3.48. The van der Waals surface area contributed by atoms with Crippen molar-refractivity contribution in [3.63, 3.8) is 0 Å². The molecule has 0 saturated heterocycles. The lowest BCUT2D eigenvalue weighted by Crippen LogP contribution is -2.51. The lowest BCUT2D eigenvalue weighted by molar-refractivity contribution is -0.103. The van der Waals surface area contributed by atoms with Crippen LogP contribution in [0.1, 0.15) is 51.3 Å². The molecule has 3 N–H and O–H groups in total. The Morgan fingerprint density at radius 2 is 2.47 bits per heavy atom. The van der Waals surface area contributed by atoms with E-state index in [2.05, 4.69) is 24.4 Å². The molecule has 0 aromatic carbocycles. The summed E-state index contributed by atoms with van der Waals surface area (Å²) in [5, 5.41) is 4.26. The summed E-state index contributed by atoms with van der Waals surface area (Å²) in [5.74, 6) is 6.52. The summed E-state index contributed by atoms with van der Waals surface area (Å²) >= 11 is 0. The summed E-state index contributed by atoms with van der Waals surface area (Å²) in [5.41, 5.74) is 3.85. The van der Waals surface area contributed by atoms with Crippen molar-refractivity contribution in [3.8, 4) is 0 Å². The third kappa shape index (κ3) is 2.83. The number of hydrogen-bond donors (Lipinski definition) is 2. The Morgan fingerprint density at radius 1 is 1.68 bits per heavy atom. The van der Waals surface area contributed by atoms with Gasteiger partial charge in [-0.15, -0.1) is 0 Å². The predicted octanol–water partition coefficient (Wildman–Crippen LogP) is 1.91. The highest BCUT2D eigenvalue weighted by Gasteiger charge is 2.44. The minimum atomic E-state index is -0.213. The smallest absolute Gasteiger partial charge is 0.0918 e. The summed E-state index contributed by atoms with van der Waals surface area (Å²) in [6.45, 7) is 5.06. The van der Waals surface area contributed by atoms with Crippen molar-refractivity contribution in [2.75, 3.05) is 6.61 Å². The first-order valence-corrected chi connectivity index (χ1v) is 7.21. The van der Waals surface area contributed by atoms with Crippen molar-refractivity contribution < 1.29 is 4.74 Å². The highest BCUT2D eigenvalue weighted by atomic mass is 16.5. The molecule has 1 aromatic rings. The van der Waals surface area contributed by atoms with Crippen LogP contribution in [-0.2, 0) is 11.8 Å². The van der Waals surface area contributed by atoms with Gasteiger partial charge in [-0.1, -0.05) is 19.8 Å². The quantitative estimate of drug-likeness (QED) is 0.631. The molecule has 0 bridgehead atoms. The highest BCUT2D eigenvalue weighted by molar-refractivity contribution is 5.14. The van der Waals surface area contributed by atoms with E-state index in [-0.39, 0.29) is 11.6 Å². The van der Waals surface area contributed by atoms with Crippen LogP contribution in [-0.4, -0.2) is 22.0 Å². The lowest BCUT2D eigenvalue weighted by atomic mass is 9.73. The molecule has 1 saturated carbocycles. The normalized spacial score (nSPS) is 29.4. The lowest BCUT2D eigenvalue weighted by Gasteiger charge is -2.44. The van der Waals surface area contributed by atoms with Crippen LogP contribution in [0.2, 0.25) is 0 Å². The van der Waals surface area contributed by atoms with Crippen molar-refractivity contribution in [1.29, 1.82) is 0 Å². The topological polar surface area (TPSA) is 65.1 Å². The Labute approximate surface area is 115 Å². The van der Waals surface area contributed by atoms with Gasteiger partial charge in [0.2, 0.25) is 0 Å². The van der Waals surface area contributed by atoms with Crippen LogP contribution in [0.5, 0.6) is 0 Å². The van der Waals surface area contributed by atoms with Crippen molar-refractivity contribution in [1.82, 2.24) is 15.2 Å². The Morgan fingerprint density at radius 3 is 3.00 bits per heavy atom. The van der Waals surface area contributed by atoms with Crippen LogP contribution in [0.4, 0.5) is 0 Å². The maximum atomic E-state index is 6.19. The van der Waals surface area contributed by atoms with Gasteiger partial charge in [0, 0.05) is 19.9 Å². The van der Waals surface area contributed by atoms with Crippen molar-refractivity contribution >= 4 is 0 Å². The van der Waals surface area contributed by atoms with Crippen molar-refractivity contribution in [3.05, 3.63) is 18.0 Å². The summed E-state index contributed by atoms with van der Waals surface area (Å²) in [6, 6.07) is 2.01. The van der Waals surface area contributed by atoms with E-state index in [0.29, 0.717) is 12.5 Å². The molecule has 0 amide bonds. The van der Waals surface area contributed by atoms with Crippen LogP contribution >= 0.6 is 0 Å². The van der Waals surface area contributed by atoms with Gasteiger partial charge in [-0.25, -0.2) is 5.43 Å². The van der Waals surface area contributed by atoms with E-state index in [9.17, 15) is 0 Å². The van der Waals surface area contributed by atoms with Gasteiger partial charge in [0.05, 0.1) is 17.3 Å². The van der Waals surface area contributed by atoms with Gasteiger partial charge in [0.1, 0.15) is 0 Å². The van der Waals surface area contributed by atoms with Crippen LogP contribution in [0.15, 0.2) is 12.3 Å². The largest absolute Gasteiger partial charge is 0.373 e. The van der Waals surface area contributed by atoms with Crippen LogP contribution in [0, 0.1) is 5.92 Å². The molecule has 19 heavy (non-hydrogen) atoms. The fourth-order valence-corrected chi connectivity index (χ4v) is 3.48. The average Bonchev–Trinajstić information content (AvgIpc) is 2.77. The molecule has 1 aromatic heterocycles. The van der Waals surface area contributed by atoms with Crippen LogP contribution in [0.25, 0.3) is 0 Å². The van der Waals surface area contributed by atoms with Crippen LogP contribution < -0.4 is 11.3 Å². The van der Waals surface area contributed by atoms with Gasteiger partial charge in [-0.3, -0.25) is 10.5 Å². The third-order valence-electron chi connectivity index (χ3n) is 4.27. The molecular weight excluding hydrogens is 240 g/mol. The highest BCUT2D eigenvalue weighted by Crippen LogP contribution is 2.43. The molecule has 1 heterocycles. The van der Waals surface area contributed by atoms with E-state index in [0.717, 1.165) is 18.5 Å². The van der Waals surface area contributed by atoms with Gasteiger partial charge >= 0.3 is 0 Å². The molecule has 3 atom stereocenters. The van der Waals surface area contributed by atoms with E-state index < -0.39 is 0 Å². The molecule has 0 aliphatic heterocycles. The fraction of sp³-hybridized carbons (Fsp3) is 0.786. The van der Waals surface area contributed by atoms with Crippen molar-refractivity contribution in [2.45, 2.75) is 51.2 Å². The number of hydrogen-bond acceptors (Lipinski definition) is 4. The molecule has 5 heteroatoms. The van der Waals surface area contributed by atoms with Crippen molar-refractivity contribution in [2.24, 2.45) is 18.8 Å². The number of nitrogens with one attached hydrogen (secondary N) is 1. The number of aryl methyl sites for hydroxylation is 1. The molecule has 1 aliphatic rings. The monoisotopic (exact) mass is 266 g/mol. The minimum absolute atomic E-state index is 0.0114. The number of nitrogens with zero attached hydrogens (tertiary/aromatic N) is 2. The van der Waals surface area contributed by atoms with Gasteiger partial charge in [0.25, 0.3) is 0 Å². The number of aromatic nitrogens is 2. The second kappa shape index (κ2) is 6.03. The Balaban J connectivity index is 2.32. The zero-order valence-electron chi connectivity index (χ0n) is 12.2. The number of ether oxygens (including phenoxy) is 1. The molecule has 108 valence electrons. The molecule has 0 spiro atoms. The Bertz CT molecular complexity index is 402. The maximum absolute atomic E-state index is 6.19. The second-order valence-electron chi connectivity index (χ2n) is 5.68. The first-order chi connectivity index (χ1) is 9.13. The van der Waals surface area contributed by atoms with Gasteiger partial charge in [0.15, 0.2) is 0 Å². The number of nitrogens with two attached hydrogens (primary N) is 1. The second-order valence-corrected chi connectivity index (χ2v) is 5.68. The number of hydrazine groups is 1. The minimum Gasteiger partial charge on any atom is -0.373 e. The molecular formula is C14H26N4O. The molecule has 0 radical (unpaired) electrons. The van der Waals surface area contributed by atoms with E-state index >= 15 is 0 Å². The van der Waals surface area contributed by atoms with Crippen LogP contribution in [0.3, 0.4) is 0 Å². The van der Waals surface area contributed by atoms with Gasteiger partial charge in [-0.05, 0) is 31.7 Å². The molecule has 1 fully saturated rings. The van der Waals surface area contributed by atoms with Gasteiger partial charge < -0.3 is 4.74 Å². The first-order valence-electron chi connectivity index (χ1n) is 7.21. The van der Waals surface area contributed by atoms with E-state index in [1.807, 2.05) is 24.0 Å². The molecule has 2 rings (SSSR count). The molecule has 3 unspecified atom stereocenters. The summed E-state index contributed by atoms with van der Waals surface area (Å²) in [6.07, 6.45) is 6.37. The third-order valence-corrected chi connectivity index (χ3v) is 4.27. The molecule has 1 aliphatic carbocycles. The van der Waals surface area contributed by atoms with E-state index in [1.54, 1.807) is 0 Å². The first kappa shape index (κ1) is 14.5. The Kier molecular flexibility index (Phi) is 4.60. The van der Waals surface area contributed by atoms with Gasteiger partial charge in [-0.2, -0.15) is 5.10 Å².